The summed E-state index contributed by atoms with van der Waals surface area (Å²) in [4.78, 5) is 29.7. The molecule has 182 valence electrons. The van der Waals surface area contributed by atoms with E-state index in [1.54, 1.807) is 6.20 Å². The van der Waals surface area contributed by atoms with Crippen LogP contribution in [0.15, 0.2) is 42.6 Å². The van der Waals surface area contributed by atoms with Crippen LogP contribution in [0.2, 0.25) is 5.02 Å². The van der Waals surface area contributed by atoms with Gasteiger partial charge in [-0.3, -0.25) is 9.69 Å². The zero-order valence-corrected chi connectivity index (χ0v) is 20.6. The Morgan fingerprint density at radius 3 is 2.74 bits per heavy atom. The lowest BCUT2D eigenvalue weighted by Crippen LogP contribution is -2.45. The summed E-state index contributed by atoms with van der Waals surface area (Å²) < 4.78 is 0. The van der Waals surface area contributed by atoms with Crippen molar-refractivity contribution >= 4 is 34.4 Å². The SMILES string of the molecule is CN1CCN(Cc2ccc(-c3nc4c(N[C@@]56C=C[C@H](C[C@@H]5C(N)=O)C6)c(Cl)cnc4[nH]3)cc2)CC1. The van der Waals surface area contributed by atoms with Crippen molar-refractivity contribution in [2.75, 3.05) is 38.5 Å². The highest BCUT2D eigenvalue weighted by Crippen LogP contribution is 2.49. The molecule has 2 bridgehead atoms. The molecule has 0 spiro atoms. The first kappa shape index (κ1) is 22.5. The molecule has 4 N–H and O–H groups in total. The van der Waals surface area contributed by atoms with E-state index in [-0.39, 0.29) is 11.8 Å². The van der Waals surface area contributed by atoms with Crippen LogP contribution in [0.4, 0.5) is 5.69 Å². The first-order valence-electron chi connectivity index (χ1n) is 12.2. The Balaban J connectivity index is 1.26. The van der Waals surface area contributed by atoms with E-state index in [9.17, 15) is 4.79 Å². The summed E-state index contributed by atoms with van der Waals surface area (Å²) in [6.45, 7) is 5.37. The number of amides is 1. The molecule has 2 aromatic heterocycles. The highest BCUT2D eigenvalue weighted by molar-refractivity contribution is 6.34. The molecule has 1 aromatic carbocycles. The highest BCUT2D eigenvalue weighted by Gasteiger charge is 2.51. The third-order valence-electron chi connectivity index (χ3n) is 7.82. The van der Waals surface area contributed by atoms with Crippen LogP contribution in [0, 0.1) is 11.8 Å². The monoisotopic (exact) mass is 491 g/mol. The summed E-state index contributed by atoms with van der Waals surface area (Å²) >= 11 is 6.59. The van der Waals surface area contributed by atoms with Gasteiger partial charge in [-0.15, -0.1) is 0 Å². The topological polar surface area (TPSA) is 103 Å². The number of rotatable bonds is 6. The van der Waals surface area contributed by atoms with Crippen LogP contribution >= 0.6 is 11.6 Å². The molecule has 35 heavy (non-hydrogen) atoms. The van der Waals surface area contributed by atoms with Gasteiger partial charge >= 0.3 is 0 Å². The summed E-state index contributed by atoms with van der Waals surface area (Å²) in [5.74, 6) is 0.530. The molecule has 3 aromatic rings. The van der Waals surface area contributed by atoms with E-state index in [1.807, 2.05) is 0 Å². The van der Waals surface area contributed by atoms with Gasteiger partial charge in [0.15, 0.2) is 5.65 Å². The fourth-order valence-corrected chi connectivity index (χ4v) is 6.00. The Kier molecular flexibility index (Phi) is 5.55. The van der Waals surface area contributed by atoms with E-state index < -0.39 is 5.54 Å². The van der Waals surface area contributed by atoms with E-state index in [1.165, 1.54) is 5.56 Å². The number of pyridine rings is 1. The number of piperazine rings is 1. The number of carbonyl (C=O) groups is 1. The Hall–Kier alpha value is -2.94. The van der Waals surface area contributed by atoms with E-state index >= 15 is 0 Å². The van der Waals surface area contributed by atoms with Crippen LogP contribution in [0.25, 0.3) is 22.6 Å². The van der Waals surface area contributed by atoms with Crippen molar-refractivity contribution < 1.29 is 4.79 Å². The maximum Gasteiger partial charge on any atom is 0.223 e. The number of fused-ring (bicyclic) bond motifs is 3. The Morgan fingerprint density at radius 1 is 1.26 bits per heavy atom. The Labute approximate surface area is 209 Å². The minimum Gasteiger partial charge on any atom is -0.372 e. The van der Waals surface area contributed by atoms with E-state index in [0.717, 1.165) is 57.0 Å². The molecule has 2 fully saturated rings. The number of likely N-dealkylation sites (N-methyl/N-ethyl adjacent to an activating group) is 1. The quantitative estimate of drug-likeness (QED) is 0.457. The first-order valence-corrected chi connectivity index (χ1v) is 12.6. The van der Waals surface area contributed by atoms with E-state index in [0.29, 0.717) is 27.8 Å². The number of primary amides is 1. The van der Waals surface area contributed by atoms with Gasteiger partial charge < -0.3 is 20.9 Å². The predicted molar refractivity (Wildman–Crippen MR) is 138 cm³/mol. The van der Waals surface area contributed by atoms with Gasteiger partial charge in [-0.05, 0) is 31.4 Å². The number of carbonyl (C=O) groups excluding carboxylic acids is 1. The molecule has 0 radical (unpaired) electrons. The molecule has 1 amide bonds. The Morgan fingerprint density at radius 2 is 2.03 bits per heavy atom. The Bertz CT molecular complexity index is 1300. The molecule has 3 heterocycles. The largest absolute Gasteiger partial charge is 0.372 e. The number of H-pyrrole nitrogens is 1. The number of nitrogens with two attached hydrogens (primary N) is 1. The van der Waals surface area contributed by atoms with Crippen LogP contribution in [0.1, 0.15) is 18.4 Å². The lowest BCUT2D eigenvalue weighted by Gasteiger charge is -2.32. The summed E-state index contributed by atoms with van der Waals surface area (Å²) in [5.41, 5.74) is 9.49. The second-order valence-corrected chi connectivity index (χ2v) is 10.6. The fraction of sp³-hybridized carbons (Fsp3) is 0.423. The number of halogens is 1. The average Bonchev–Trinajstić information content (AvgIpc) is 3.56. The molecule has 1 saturated carbocycles. The summed E-state index contributed by atoms with van der Waals surface area (Å²) in [6.07, 6.45) is 7.45. The molecule has 0 unspecified atom stereocenters. The van der Waals surface area contributed by atoms with Gasteiger partial charge in [0.05, 0.1) is 28.4 Å². The fourth-order valence-electron chi connectivity index (χ4n) is 5.81. The van der Waals surface area contributed by atoms with Crippen molar-refractivity contribution in [1.29, 1.82) is 0 Å². The lowest BCUT2D eigenvalue weighted by molar-refractivity contribution is -0.122. The molecule has 1 saturated heterocycles. The van der Waals surface area contributed by atoms with Crippen molar-refractivity contribution in [1.82, 2.24) is 24.8 Å². The van der Waals surface area contributed by atoms with Crippen molar-refractivity contribution in [2.45, 2.75) is 24.9 Å². The van der Waals surface area contributed by atoms with Crippen LogP contribution in [0.5, 0.6) is 0 Å². The number of hydrogen-bond donors (Lipinski definition) is 3. The van der Waals surface area contributed by atoms with Crippen LogP contribution in [0.3, 0.4) is 0 Å². The maximum absolute atomic E-state index is 12.2. The number of allylic oxidation sites excluding steroid dienone is 1. The number of nitrogens with zero attached hydrogens (tertiary/aromatic N) is 4. The minimum atomic E-state index is -0.529. The standard InChI is InChI=1S/C26H30ClN7O/c1-33-8-10-34(11-9-33)15-16-2-4-18(5-3-16)24-30-22-21(20(27)14-29-25(22)31-24)32-26-7-6-17(13-26)12-19(26)23(28)35/h2-7,14,17,19H,8-13,15H2,1H3,(H2,28,35)(H2,29,30,31,32)/t17-,19-,26-/m1/s1. The van der Waals surface area contributed by atoms with Gasteiger partial charge in [0, 0.05) is 38.3 Å². The van der Waals surface area contributed by atoms with Gasteiger partial charge in [0.25, 0.3) is 0 Å². The molecule has 3 aliphatic rings. The van der Waals surface area contributed by atoms with Crippen LogP contribution in [-0.2, 0) is 11.3 Å². The lowest BCUT2D eigenvalue weighted by atomic mass is 9.85. The average molecular weight is 492 g/mol. The zero-order chi connectivity index (χ0) is 24.2. The summed E-state index contributed by atoms with van der Waals surface area (Å²) in [7, 11) is 2.17. The second kappa shape index (κ2) is 8.62. The number of nitrogens with one attached hydrogen (secondary N) is 2. The molecule has 8 nitrogen and oxygen atoms in total. The number of anilines is 1. The van der Waals surface area contributed by atoms with Crippen molar-refractivity contribution in [3.05, 3.63) is 53.2 Å². The molecule has 3 atom stereocenters. The number of aromatic amines is 1. The van der Waals surface area contributed by atoms with Crippen molar-refractivity contribution in [3.8, 4) is 11.4 Å². The number of aromatic nitrogens is 3. The van der Waals surface area contributed by atoms with Crippen LogP contribution < -0.4 is 11.1 Å². The molecule has 2 aliphatic carbocycles. The second-order valence-electron chi connectivity index (χ2n) is 10.2. The smallest absolute Gasteiger partial charge is 0.223 e. The summed E-state index contributed by atoms with van der Waals surface area (Å²) in [5, 5.41) is 4.03. The predicted octanol–water partition coefficient (Wildman–Crippen LogP) is 3.26. The molecular weight excluding hydrogens is 462 g/mol. The summed E-state index contributed by atoms with van der Waals surface area (Å²) in [6, 6.07) is 8.53. The van der Waals surface area contributed by atoms with Gasteiger partial charge in [0.1, 0.15) is 11.3 Å². The van der Waals surface area contributed by atoms with Crippen molar-refractivity contribution in [3.63, 3.8) is 0 Å². The van der Waals surface area contributed by atoms with Crippen molar-refractivity contribution in [2.24, 2.45) is 17.6 Å². The number of benzene rings is 1. The third kappa shape index (κ3) is 4.09. The number of hydrogen-bond acceptors (Lipinski definition) is 6. The van der Waals surface area contributed by atoms with E-state index in [4.69, 9.17) is 22.3 Å². The first-order chi connectivity index (χ1) is 16.9. The van der Waals surface area contributed by atoms with Gasteiger partial charge in [-0.1, -0.05) is 48.0 Å². The van der Waals surface area contributed by atoms with E-state index in [2.05, 4.69) is 68.5 Å². The van der Waals surface area contributed by atoms with Gasteiger partial charge in [-0.25, -0.2) is 9.97 Å². The molecular formula is C26H30ClN7O. The van der Waals surface area contributed by atoms with Crippen LogP contribution in [-0.4, -0.2) is 69.4 Å². The molecule has 6 rings (SSSR count). The van der Waals surface area contributed by atoms with Gasteiger partial charge in [-0.2, -0.15) is 0 Å². The maximum atomic E-state index is 12.2. The third-order valence-corrected chi connectivity index (χ3v) is 8.11. The minimum absolute atomic E-state index is 0.275. The normalized spacial score (nSPS) is 26.6. The zero-order valence-electron chi connectivity index (χ0n) is 19.8. The molecule has 1 aliphatic heterocycles. The van der Waals surface area contributed by atoms with Gasteiger partial charge in [0.2, 0.25) is 5.91 Å². The number of imidazole rings is 1. The highest BCUT2D eigenvalue weighted by atomic mass is 35.5. The molecule has 9 heteroatoms.